The van der Waals surface area contributed by atoms with Crippen LogP contribution in [-0.4, -0.2) is 37.0 Å². The highest BCUT2D eigenvalue weighted by atomic mass is 32.2. The zero-order valence-electron chi connectivity index (χ0n) is 10.00. The van der Waals surface area contributed by atoms with Crippen LogP contribution in [0.2, 0.25) is 0 Å². The monoisotopic (exact) mass is 292 g/mol. The molecule has 18 heavy (non-hydrogen) atoms. The third-order valence-electron chi connectivity index (χ3n) is 2.62. The van der Waals surface area contributed by atoms with Crippen molar-refractivity contribution in [2.24, 2.45) is 0 Å². The van der Waals surface area contributed by atoms with Crippen LogP contribution in [0.4, 0.5) is 5.13 Å². The summed E-state index contributed by atoms with van der Waals surface area (Å²) in [7, 11) is -3.44. The zero-order valence-corrected chi connectivity index (χ0v) is 11.6. The van der Waals surface area contributed by atoms with E-state index in [0.717, 1.165) is 24.2 Å². The van der Waals surface area contributed by atoms with Gasteiger partial charge in [-0.1, -0.05) is 0 Å². The van der Waals surface area contributed by atoms with Gasteiger partial charge in [0.15, 0.2) is 5.13 Å². The molecular formula is C10H16N2O4S2. The van der Waals surface area contributed by atoms with Crippen molar-refractivity contribution in [3.05, 3.63) is 11.1 Å². The lowest BCUT2D eigenvalue weighted by Crippen LogP contribution is -2.25. The molecule has 0 amide bonds. The Hall–Kier alpha value is -0.700. The quantitative estimate of drug-likeness (QED) is 0.849. The first-order chi connectivity index (χ1) is 8.46. The number of aliphatic hydroxyl groups is 1. The number of hydrogen-bond acceptors (Lipinski definition) is 6. The molecule has 102 valence electrons. The third-order valence-corrected chi connectivity index (χ3v) is 4.84. The second-order valence-corrected chi connectivity index (χ2v) is 6.90. The van der Waals surface area contributed by atoms with Crippen molar-refractivity contribution in [2.45, 2.75) is 32.0 Å². The molecule has 6 nitrogen and oxygen atoms in total. The minimum Gasteiger partial charge on any atom is -0.387 e. The van der Waals surface area contributed by atoms with Gasteiger partial charge in [-0.25, -0.2) is 13.4 Å². The summed E-state index contributed by atoms with van der Waals surface area (Å²) in [6, 6.07) is 0. The van der Waals surface area contributed by atoms with Gasteiger partial charge in [0.2, 0.25) is 10.0 Å². The van der Waals surface area contributed by atoms with E-state index >= 15 is 0 Å². The van der Waals surface area contributed by atoms with Crippen molar-refractivity contribution in [2.75, 3.05) is 17.1 Å². The summed E-state index contributed by atoms with van der Waals surface area (Å²) in [5.74, 6) is -0.0450. The van der Waals surface area contributed by atoms with E-state index in [0.29, 0.717) is 12.3 Å². The van der Waals surface area contributed by atoms with E-state index < -0.39 is 16.1 Å². The van der Waals surface area contributed by atoms with Gasteiger partial charge in [-0.15, -0.1) is 11.3 Å². The summed E-state index contributed by atoms with van der Waals surface area (Å²) in [6.07, 6.45) is 0.762. The van der Waals surface area contributed by atoms with E-state index in [1.54, 1.807) is 12.3 Å². The molecule has 1 aliphatic rings. The predicted octanol–water partition coefficient (Wildman–Crippen LogP) is 1.12. The predicted molar refractivity (Wildman–Crippen MR) is 69.1 cm³/mol. The second kappa shape index (κ2) is 5.52. The highest BCUT2D eigenvalue weighted by Crippen LogP contribution is 2.22. The third kappa shape index (κ3) is 3.64. The largest absolute Gasteiger partial charge is 0.387 e. The molecule has 1 saturated heterocycles. The van der Waals surface area contributed by atoms with Gasteiger partial charge in [-0.05, 0) is 19.8 Å². The smallest absolute Gasteiger partial charge is 0.237 e. The van der Waals surface area contributed by atoms with Crippen molar-refractivity contribution in [1.82, 2.24) is 4.98 Å². The number of sulfonamides is 1. The van der Waals surface area contributed by atoms with Crippen LogP contribution in [0.1, 0.15) is 31.6 Å². The van der Waals surface area contributed by atoms with Gasteiger partial charge in [0.1, 0.15) is 0 Å². The van der Waals surface area contributed by atoms with Gasteiger partial charge in [0, 0.05) is 12.0 Å². The topological polar surface area (TPSA) is 88.5 Å². The number of aromatic nitrogens is 1. The van der Waals surface area contributed by atoms with Crippen LogP contribution in [0.3, 0.4) is 0 Å². The van der Waals surface area contributed by atoms with E-state index in [9.17, 15) is 13.5 Å². The first-order valence-corrected chi connectivity index (χ1v) is 8.25. The Morgan fingerprint density at radius 1 is 1.72 bits per heavy atom. The molecular weight excluding hydrogens is 276 g/mol. The minimum atomic E-state index is -3.44. The number of thiazole rings is 1. The molecule has 1 aromatic heterocycles. The Labute approximate surface area is 110 Å². The summed E-state index contributed by atoms with van der Waals surface area (Å²) in [5.41, 5.74) is 0.467. The summed E-state index contributed by atoms with van der Waals surface area (Å²) < 4.78 is 31.4. The summed E-state index contributed by atoms with van der Waals surface area (Å²) in [4.78, 5) is 4.01. The number of aliphatic hydroxyl groups excluding tert-OH is 1. The van der Waals surface area contributed by atoms with Crippen molar-refractivity contribution in [3.8, 4) is 0 Å². The van der Waals surface area contributed by atoms with Crippen molar-refractivity contribution in [1.29, 1.82) is 0 Å². The van der Waals surface area contributed by atoms with Crippen LogP contribution < -0.4 is 4.72 Å². The molecule has 2 rings (SSSR count). The lowest BCUT2D eigenvalue weighted by atomic mass is 10.3. The van der Waals surface area contributed by atoms with Crippen LogP contribution in [0.15, 0.2) is 5.38 Å². The van der Waals surface area contributed by atoms with Crippen LogP contribution >= 0.6 is 11.3 Å². The normalized spacial score (nSPS) is 22.0. The number of rotatable bonds is 5. The maximum atomic E-state index is 11.8. The Morgan fingerprint density at radius 3 is 3.06 bits per heavy atom. The molecule has 1 aromatic rings. The summed E-state index contributed by atoms with van der Waals surface area (Å²) in [6.45, 7) is 2.21. The molecule has 1 fully saturated rings. The average molecular weight is 292 g/mol. The first-order valence-electron chi connectivity index (χ1n) is 5.72. The lowest BCUT2D eigenvalue weighted by molar-refractivity contribution is 0.127. The van der Waals surface area contributed by atoms with Crippen LogP contribution in [0.25, 0.3) is 0 Å². The van der Waals surface area contributed by atoms with Crippen LogP contribution in [0.5, 0.6) is 0 Å². The zero-order chi connectivity index (χ0) is 13.2. The molecule has 0 radical (unpaired) electrons. The Kier molecular flexibility index (Phi) is 4.21. The van der Waals surface area contributed by atoms with Crippen LogP contribution in [-0.2, 0) is 14.8 Å². The van der Waals surface area contributed by atoms with E-state index in [-0.39, 0.29) is 17.0 Å². The van der Waals surface area contributed by atoms with Crippen molar-refractivity contribution in [3.63, 3.8) is 0 Å². The second-order valence-electron chi connectivity index (χ2n) is 4.27. The molecule has 0 saturated carbocycles. The highest BCUT2D eigenvalue weighted by molar-refractivity contribution is 7.92. The van der Waals surface area contributed by atoms with Gasteiger partial charge in [-0.3, -0.25) is 4.72 Å². The van der Waals surface area contributed by atoms with E-state index in [1.807, 2.05) is 0 Å². The van der Waals surface area contributed by atoms with E-state index in [4.69, 9.17) is 4.74 Å². The Morgan fingerprint density at radius 2 is 2.50 bits per heavy atom. The molecule has 0 aromatic carbocycles. The Bertz CT molecular complexity index is 492. The standard InChI is InChI=1S/C10H16N2O4S2/c1-7(13)9-5-17-10(11-9)12-18(14,15)6-8-3-2-4-16-8/h5,7-8,13H,2-4,6H2,1H3,(H,11,12). The number of ether oxygens (including phenoxy) is 1. The molecule has 2 unspecified atom stereocenters. The average Bonchev–Trinajstić information content (AvgIpc) is 2.87. The SMILES string of the molecule is CC(O)c1csc(NS(=O)(=O)CC2CCCO2)n1. The fourth-order valence-corrected chi connectivity index (χ4v) is 4.08. The molecule has 1 aliphatic heterocycles. The molecule has 2 atom stereocenters. The maximum Gasteiger partial charge on any atom is 0.237 e. The first kappa shape index (κ1) is 13.7. The minimum absolute atomic E-state index is 0.0450. The number of nitrogens with zero attached hydrogens (tertiary/aromatic N) is 1. The highest BCUT2D eigenvalue weighted by Gasteiger charge is 2.24. The molecule has 0 bridgehead atoms. The van der Waals surface area contributed by atoms with Gasteiger partial charge >= 0.3 is 0 Å². The fraction of sp³-hybridized carbons (Fsp3) is 0.700. The molecule has 0 spiro atoms. The summed E-state index contributed by atoms with van der Waals surface area (Å²) in [5, 5.41) is 11.2. The molecule has 2 heterocycles. The van der Waals surface area contributed by atoms with E-state index in [2.05, 4.69) is 9.71 Å². The van der Waals surface area contributed by atoms with Crippen molar-refractivity contribution < 1.29 is 18.3 Å². The number of anilines is 1. The maximum absolute atomic E-state index is 11.8. The molecule has 0 aliphatic carbocycles. The summed E-state index contributed by atoms with van der Waals surface area (Å²) >= 11 is 1.16. The fourth-order valence-electron chi connectivity index (χ4n) is 1.72. The number of nitrogens with one attached hydrogen (secondary N) is 1. The van der Waals surface area contributed by atoms with Gasteiger partial charge in [0.05, 0.1) is 23.7 Å². The van der Waals surface area contributed by atoms with Gasteiger partial charge < -0.3 is 9.84 Å². The lowest BCUT2D eigenvalue weighted by Gasteiger charge is -2.10. The van der Waals surface area contributed by atoms with Crippen molar-refractivity contribution >= 4 is 26.5 Å². The molecule has 8 heteroatoms. The van der Waals surface area contributed by atoms with Gasteiger partial charge in [-0.2, -0.15) is 0 Å². The van der Waals surface area contributed by atoms with E-state index in [1.165, 1.54) is 0 Å². The van der Waals surface area contributed by atoms with Crippen LogP contribution in [0, 0.1) is 0 Å². The van der Waals surface area contributed by atoms with Gasteiger partial charge in [0.25, 0.3) is 0 Å². The molecule has 2 N–H and O–H groups in total. The number of hydrogen-bond donors (Lipinski definition) is 2. The Balaban J connectivity index is 1.97.